The van der Waals surface area contributed by atoms with E-state index in [4.69, 9.17) is 0 Å². The molecule has 100 valence electrons. The van der Waals surface area contributed by atoms with Crippen molar-refractivity contribution in [1.82, 2.24) is 10.2 Å². The van der Waals surface area contributed by atoms with Gasteiger partial charge in [-0.2, -0.15) is 0 Å². The third-order valence-electron chi connectivity index (χ3n) is 5.00. The number of likely N-dealkylation sites (tertiary alicyclic amines) is 1. The summed E-state index contributed by atoms with van der Waals surface area (Å²) in [5.74, 6) is 0.975. The second-order valence-corrected chi connectivity index (χ2v) is 6.05. The third kappa shape index (κ3) is 3.03. The molecule has 1 N–H and O–H groups in total. The van der Waals surface area contributed by atoms with E-state index in [0.29, 0.717) is 0 Å². The molecule has 1 saturated carbocycles. The van der Waals surface area contributed by atoms with Gasteiger partial charge in [0.2, 0.25) is 0 Å². The zero-order valence-corrected chi connectivity index (χ0v) is 11.9. The van der Waals surface area contributed by atoms with E-state index in [1.807, 2.05) is 0 Å². The number of nitrogens with zero attached hydrogens (tertiary/aromatic N) is 1. The quantitative estimate of drug-likeness (QED) is 0.810. The fourth-order valence-corrected chi connectivity index (χ4v) is 3.92. The average molecular weight is 238 g/mol. The van der Waals surface area contributed by atoms with Crippen LogP contribution in [-0.2, 0) is 0 Å². The lowest BCUT2D eigenvalue weighted by molar-refractivity contribution is 0.0911. The van der Waals surface area contributed by atoms with E-state index < -0.39 is 0 Å². The van der Waals surface area contributed by atoms with Gasteiger partial charge in [0.1, 0.15) is 0 Å². The molecule has 2 heteroatoms. The van der Waals surface area contributed by atoms with Crippen molar-refractivity contribution in [2.75, 3.05) is 13.1 Å². The smallest absolute Gasteiger partial charge is 0.0254 e. The van der Waals surface area contributed by atoms with Crippen LogP contribution in [0.3, 0.4) is 0 Å². The first-order chi connectivity index (χ1) is 8.26. The SMILES string of the molecule is CCNC1CCC(CC)CC1N1CCCC1C. The molecule has 17 heavy (non-hydrogen) atoms. The molecule has 1 aliphatic carbocycles. The molecule has 2 fully saturated rings. The standard InChI is InChI=1S/C15H30N2/c1-4-13-8-9-14(16-5-2)15(11-13)17-10-6-7-12(17)3/h12-16H,4-11H2,1-3H3. The predicted octanol–water partition coefficient (Wildman–Crippen LogP) is 3.03. The van der Waals surface area contributed by atoms with Gasteiger partial charge in [-0.25, -0.2) is 0 Å². The molecule has 0 spiro atoms. The summed E-state index contributed by atoms with van der Waals surface area (Å²) in [6.07, 6.45) is 8.45. The van der Waals surface area contributed by atoms with Crippen LogP contribution < -0.4 is 5.32 Å². The highest BCUT2D eigenvalue weighted by Gasteiger charge is 2.36. The van der Waals surface area contributed by atoms with Crippen molar-refractivity contribution in [1.29, 1.82) is 0 Å². The van der Waals surface area contributed by atoms with Crippen LogP contribution >= 0.6 is 0 Å². The Balaban J connectivity index is 2.01. The van der Waals surface area contributed by atoms with E-state index in [-0.39, 0.29) is 0 Å². The van der Waals surface area contributed by atoms with E-state index in [0.717, 1.165) is 30.6 Å². The lowest BCUT2D eigenvalue weighted by atomic mass is 9.80. The summed E-state index contributed by atoms with van der Waals surface area (Å²) < 4.78 is 0. The van der Waals surface area contributed by atoms with Crippen molar-refractivity contribution in [3.63, 3.8) is 0 Å². The second kappa shape index (κ2) is 6.19. The molecule has 2 rings (SSSR count). The van der Waals surface area contributed by atoms with Gasteiger partial charge in [-0.1, -0.05) is 20.3 Å². The van der Waals surface area contributed by atoms with Gasteiger partial charge >= 0.3 is 0 Å². The minimum Gasteiger partial charge on any atom is -0.313 e. The Hall–Kier alpha value is -0.0800. The minimum absolute atomic E-state index is 0.753. The summed E-state index contributed by atoms with van der Waals surface area (Å²) in [6, 6.07) is 2.38. The van der Waals surface area contributed by atoms with Crippen molar-refractivity contribution < 1.29 is 0 Å². The molecule has 0 bridgehead atoms. The van der Waals surface area contributed by atoms with E-state index in [2.05, 4.69) is 31.0 Å². The Labute approximate surface area is 107 Å². The van der Waals surface area contributed by atoms with E-state index >= 15 is 0 Å². The minimum atomic E-state index is 0.753. The molecule has 4 atom stereocenters. The van der Waals surface area contributed by atoms with Gasteiger partial charge in [0.05, 0.1) is 0 Å². The fourth-order valence-electron chi connectivity index (χ4n) is 3.92. The Kier molecular flexibility index (Phi) is 4.87. The highest BCUT2D eigenvalue weighted by atomic mass is 15.2. The van der Waals surface area contributed by atoms with Crippen LogP contribution in [0.4, 0.5) is 0 Å². The molecule has 1 heterocycles. The molecule has 2 aliphatic rings. The summed E-state index contributed by atoms with van der Waals surface area (Å²) in [5.41, 5.74) is 0. The van der Waals surface area contributed by atoms with Crippen LogP contribution in [0.1, 0.15) is 59.3 Å². The lowest BCUT2D eigenvalue weighted by Crippen LogP contribution is -2.54. The van der Waals surface area contributed by atoms with Gasteiger partial charge in [-0.05, 0) is 58.0 Å². The molecule has 0 aromatic heterocycles. The maximum atomic E-state index is 3.73. The molecule has 0 radical (unpaired) electrons. The van der Waals surface area contributed by atoms with Crippen molar-refractivity contribution in [3.8, 4) is 0 Å². The fraction of sp³-hybridized carbons (Fsp3) is 1.00. The van der Waals surface area contributed by atoms with Crippen LogP contribution in [0, 0.1) is 5.92 Å². The molecule has 0 amide bonds. The zero-order valence-electron chi connectivity index (χ0n) is 11.9. The number of nitrogens with one attached hydrogen (secondary N) is 1. The average Bonchev–Trinajstić information content (AvgIpc) is 2.76. The Bertz CT molecular complexity index is 229. The molecule has 2 nitrogen and oxygen atoms in total. The number of hydrogen-bond donors (Lipinski definition) is 1. The summed E-state index contributed by atoms with van der Waals surface area (Å²) in [4.78, 5) is 2.80. The van der Waals surface area contributed by atoms with Gasteiger partial charge in [0.15, 0.2) is 0 Å². The Morgan fingerprint density at radius 1 is 1.18 bits per heavy atom. The highest BCUT2D eigenvalue weighted by molar-refractivity contribution is 4.94. The first-order valence-electron chi connectivity index (χ1n) is 7.75. The maximum Gasteiger partial charge on any atom is 0.0254 e. The van der Waals surface area contributed by atoms with Crippen molar-refractivity contribution in [2.24, 2.45) is 5.92 Å². The number of likely N-dealkylation sites (N-methyl/N-ethyl adjacent to an activating group) is 1. The Morgan fingerprint density at radius 2 is 2.00 bits per heavy atom. The third-order valence-corrected chi connectivity index (χ3v) is 5.00. The second-order valence-electron chi connectivity index (χ2n) is 6.05. The summed E-state index contributed by atoms with van der Waals surface area (Å²) in [6.45, 7) is 9.50. The van der Waals surface area contributed by atoms with E-state index in [1.54, 1.807) is 0 Å². The van der Waals surface area contributed by atoms with E-state index in [9.17, 15) is 0 Å². The summed E-state index contributed by atoms with van der Waals surface area (Å²) in [7, 11) is 0. The summed E-state index contributed by atoms with van der Waals surface area (Å²) in [5, 5.41) is 3.73. The maximum absolute atomic E-state index is 3.73. The molecule has 1 aliphatic heterocycles. The van der Waals surface area contributed by atoms with Crippen LogP contribution in [0.25, 0.3) is 0 Å². The molecular weight excluding hydrogens is 208 g/mol. The zero-order chi connectivity index (χ0) is 12.3. The van der Waals surface area contributed by atoms with Gasteiger partial charge in [-0.3, -0.25) is 4.90 Å². The molecular formula is C15H30N2. The van der Waals surface area contributed by atoms with Crippen molar-refractivity contribution in [2.45, 2.75) is 77.4 Å². The molecule has 1 saturated heterocycles. The van der Waals surface area contributed by atoms with Crippen molar-refractivity contribution in [3.05, 3.63) is 0 Å². The van der Waals surface area contributed by atoms with Crippen molar-refractivity contribution >= 4 is 0 Å². The summed E-state index contributed by atoms with van der Waals surface area (Å²) >= 11 is 0. The number of hydrogen-bond acceptors (Lipinski definition) is 2. The van der Waals surface area contributed by atoms with Gasteiger partial charge < -0.3 is 5.32 Å². The monoisotopic (exact) mass is 238 g/mol. The highest BCUT2D eigenvalue weighted by Crippen LogP contribution is 2.33. The van der Waals surface area contributed by atoms with Gasteiger partial charge in [0.25, 0.3) is 0 Å². The number of rotatable bonds is 4. The molecule has 4 unspecified atom stereocenters. The largest absolute Gasteiger partial charge is 0.313 e. The van der Waals surface area contributed by atoms with E-state index in [1.165, 1.54) is 45.1 Å². The molecule has 0 aromatic rings. The Morgan fingerprint density at radius 3 is 2.59 bits per heavy atom. The van der Waals surface area contributed by atoms with Crippen LogP contribution in [0.2, 0.25) is 0 Å². The van der Waals surface area contributed by atoms with Gasteiger partial charge in [0, 0.05) is 18.1 Å². The topological polar surface area (TPSA) is 15.3 Å². The lowest BCUT2D eigenvalue weighted by Gasteiger charge is -2.43. The van der Waals surface area contributed by atoms with Crippen LogP contribution in [0.15, 0.2) is 0 Å². The van der Waals surface area contributed by atoms with Crippen LogP contribution in [-0.4, -0.2) is 36.1 Å². The normalized spacial score (nSPS) is 39.7. The predicted molar refractivity (Wildman–Crippen MR) is 74.3 cm³/mol. The van der Waals surface area contributed by atoms with Gasteiger partial charge in [-0.15, -0.1) is 0 Å². The first-order valence-corrected chi connectivity index (χ1v) is 7.75. The molecule has 0 aromatic carbocycles. The first kappa shape index (κ1) is 13.4. The van der Waals surface area contributed by atoms with Crippen LogP contribution in [0.5, 0.6) is 0 Å².